The SMILES string of the molecule is CCC(CC=O)C1CCCCC1. The summed E-state index contributed by atoms with van der Waals surface area (Å²) < 4.78 is 0. The Bertz CT molecular complexity index is 125. The van der Waals surface area contributed by atoms with Crippen molar-refractivity contribution in [1.29, 1.82) is 0 Å². The summed E-state index contributed by atoms with van der Waals surface area (Å²) in [4.78, 5) is 10.4. The van der Waals surface area contributed by atoms with Gasteiger partial charge in [0.05, 0.1) is 0 Å². The normalized spacial score (nSPS) is 22.1. The van der Waals surface area contributed by atoms with Crippen LogP contribution in [0.15, 0.2) is 0 Å². The quantitative estimate of drug-likeness (QED) is 0.589. The fraction of sp³-hybridized carbons (Fsp3) is 0.909. The number of hydrogen-bond acceptors (Lipinski definition) is 1. The first-order valence-corrected chi connectivity index (χ1v) is 5.32. The summed E-state index contributed by atoms with van der Waals surface area (Å²) in [6.07, 6.45) is 10.0. The van der Waals surface area contributed by atoms with E-state index < -0.39 is 0 Å². The molecule has 1 unspecified atom stereocenters. The van der Waals surface area contributed by atoms with Crippen LogP contribution in [0, 0.1) is 11.8 Å². The van der Waals surface area contributed by atoms with E-state index in [9.17, 15) is 4.79 Å². The molecule has 0 radical (unpaired) electrons. The number of carbonyl (C=O) groups excluding carboxylic acids is 1. The van der Waals surface area contributed by atoms with Gasteiger partial charge in [-0.25, -0.2) is 0 Å². The molecule has 0 spiro atoms. The molecule has 1 saturated carbocycles. The van der Waals surface area contributed by atoms with Crippen LogP contribution in [0.3, 0.4) is 0 Å². The lowest BCUT2D eigenvalue weighted by Gasteiger charge is -2.28. The topological polar surface area (TPSA) is 17.1 Å². The predicted octanol–water partition coefficient (Wildman–Crippen LogP) is 3.18. The summed E-state index contributed by atoms with van der Waals surface area (Å²) in [5, 5.41) is 0. The van der Waals surface area contributed by atoms with Gasteiger partial charge in [0, 0.05) is 6.42 Å². The Hall–Kier alpha value is -0.330. The van der Waals surface area contributed by atoms with Crippen molar-refractivity contribution in [3.05, 3.63) is 0 Å². The molecule has 0 aliphatic heterocycles. The molecule has 70 valence electrons. The van der Waals surface area contributed by atoms with Crippen molar-refractivity contribution in [3.63, 3.8) is 0 Å². The predicted molar refractivity (Wildman–Crippen MR) is 51.0 cm³/mol. The first kappa shape index (κ1) is 9.76. The lowest BCUT2D eigenvalue weighted by atomic mass is 9.78. The van der Waals surface area contributed by atoms with E-state index in [0.717, 1.165) is 18.6 Å². The molecule has 0 aromatic carbocycles. The monoisotopic (exact) mass is 168 g/mol. The van der Waals surface area contributed by atoms with E-state index in [4.69, 9.17) is 0 Å². The van der Waals surface area contributed by atoms with E-state index >= 15 is 0 Å². The molecule has 0 heterocycles. The standard InChI is InChI=1S/C11H20O/c1-2-10(8-9-12)11-6-4-3-5-7-11/h9-11H,2-8H2,1H3. The zero-order chi connectivity index (χ0) is 8.81. The molecule has 1 rings (SSSR count). The molecule has 0 amide bonds. The summed E-state index contributed by atoms with van der Waals surface area (Å²) in [7, 11) is 0. The van der Waals surface area contributed by atoms with Crippen LogP contribution >= 0.6 is 0 Å². The molecule has 1 aliphatic carbocycles. The summed E-state index contributed by atoms with van der Waals surface area (Å²) in [6, 6.07) is 0. The Labute approximate surface area is 75.5 Å². The van der Waals surface area contributed by atoms with Gasteiger partial charge in [0.15, 0.2) is 0 Å². The van der Waals surface area contributed by atoms with Gasteiger partial charge in [0.1, 0.15) is 6.29 Å². The highest BCUT2D eigenvalue weighted by molar-refractivity contribution is 5.49. The molecule has 1 atom stereocenters. The summed E-state index contributed by atoms with van der Waals surface area (Å²) in [5.41, 5.74) is 0. The van der Waals surface area contributed by atoms with Crippen LogP contribution in [0.25, 0.3) is 0 Å². The Balaban J connectivity index is 2.34. The van der Waals surface area contributed by atoms with Crippen LogP contribution in [0.4, 0.5) is 0 Å². The first-order chi connectivity index (χ1) is 5.88. The molecule has 1 fully saturated rings. The van der Waals surface area contributed by atoms with Crippen molar-refractivity contribution in [2.75, 3.05) is 0 Å². The van der Waals surface area contributed by atoms with Gasteiger partial charge in [0.2, 0.25) is 0 Å². The smallest absolute Gasteiger partial charge is 0.120 e. The largest absolute Gasteiger partial charge is 0.303 e. The van der Waals surface area contributed by atoms with Crippen LogP contribution in [-0.2, 0) is 4.79 Å². The van der Waals surface area contributed by atoms with E-state index in [-0.39, 0.29) is 0 Å². The molecular weight excluding hydrogens is 148 g/mol. The Morgan fingerprint density at radius 2 is 2.00 bits per heavy atom. The number of rotatable bonds is 4. The minimum absolute atomic E-state index is 0.683. The third-order valence-electron chi connectivity index (χ3n) is 3.24. The molecule has 0 aromatic rings. The lowest BCUT2D eigenvalue weighted by Crippen LogP contribution is -2.17. The molecule has 0 bridgehead atoms. The maximum atomic E-state index is 10.4. The Kier molecular flexibility index (Phi) is 4.34. The molecule has 0 N–H and O–H groups in total. The zero-order valence-corrected chi connectivity index (χ0v) is 8.09. The molecule has 1 heteroatoms. The summed E-state index contributed by atoms with van der Waals surface area (Å²) in [5.74, 6) is 1.54. The fourth-order valence-corrected chi connectivity index (χ4v) is 2.42. The van der Waals surface area contributed by atoms with Crippen molar-refractivity contribution in [3.8, 4) is 0 Å². The van der Waals surface area contributed by atoms with Gasteiger partial charge in [-0.2, -0.15) is 0 Å². The Morgan fingerprint density at radius 3 is 2.50 bits per heavy atom. The number of carbonyl (C=O) groups is 1. The highest BCUT2D eigenvalue weighted by Gasteiger charge is 2.21. The molecule has 1 aliphatic rings. The highest BCUT2D eigenvalue weighted by Crippen LogP contribution is 2.32. The van der Waals surface area contributed by atoms with Gasteiger partial charge >= 0.3 is 0 Å². The average Bonchev–Trinajstić information content (AvgIpc) is 2.15. The van der Waals surface area contributed by atoms with Gasteiger partial charge in [-0.15, -0.1) is 0 Å². The molecule has 12 heavy (non-hydrogen) atoms. The van der Waals surface area contributed by atoms with Crippen molar-refractivity contribution < 1.29 is 4.79 Å². The van der Waals surface area contributed by atoms with Crippen molar-refractivity contribution in [2.24, 2.45) is 11.8 Å². The van der Waals surface area contributed by atoms with Crippen LogP contribution in [0.2, 0.25) is 0 Å². The maximum absolute atomic E-state index is 10.4. The van der Waals surface area contributed by atoms with E-state index in [0.29, 0.717) is 5.92 Å². The first-order valence-electron chi connectivity index (χ1n) is 5.32. The second-order valence-electron chi connectivity index (χ2n) is 3.97. The number of aldehydes is 1. The summed E-state index contributed by atoms with van der Waals surface area (Å²) in [6.45, 7) is 2.21. The van der Waals surface area contributed by atoms with Crippen LogP contribution in [0.5, 0.6) is 0 Å². The molecule has 1 nitrogen and oxygen atoms in total. The van der Waals surface area contributed by atoms with Crippen LogP contribution in [-0.4, -0.2) is 6.29 Å². The van der Waals surface area contributed by atoms with Gasteiger partial charge in [-0.3, -0.25) is 0 Å². The van der Waals surface area contributed by atoms with E-state index in [1.54, 1.807) is 0 Å². The third kappa shape index (κ3) is 2.62. The Morgan fingerprint density at radius 1 is 1.33 bits per heavy atom. The van der Waals surface area contributed by atoms with Gasteiger partial charge < -0.3 is 4.79 Å². The fourth-order valence-electron chi connectivity index (χ4n) is 2.42. The minimum atomic E-state index is 0.683. The van der Waals surface area contributed by atoms with Crippen molar-refractivity contribution in [1.82, 2.24) is 0 Å². The second kappa shape index (κ2) is 5.34. The van der Waals surface area contributed by atoms with Gasteiger partial charge in [-0.05, 0) is 11.8 Å². The van der Waals surface area contributed by atoms with Crippen LogP contribution < -0.4 is 0 Å². The third-order valence-corrected chi connectivity index (χ3v) is 3.24. The zero-order valence-electron chi connectivity index (χ0n) is 8.09. The van der Waals surface area contributed by atoms with Crippen molar-refractivity contribution >= 4 is 6.29 Å². The van der Waals surface area contributed by atoms with E-state index in [1.165, 1.54) is 38.5 Å². The minimum Gasteiger partial charge on any atom is -0.303 e. The van der Waals surface area contributed by atoms with Crippen LogP contribution in [0.1, 0.15) is 51.9 Å². The molecular formula is C11H20O. The lowest BCUT2D eigenvalue weighted by molar-refractivity contribution is -0.109. The van der Waals surface area contributed by atoms with Gasteiger partial charge in [-0.1, -0.05) is 45.4 Å². The van der Waals surface area contributed by atoms with E-state index in [1.807, 2.05) is 0 Å². The molecule has 0 saturated heterocycles. The second-order valence-corrected chi connectivity index (χ2v) is 3.97. The van der Waals surface area contributed by atoms with Gasteiger partial charge in [0.25, 0.3) is 0 Å². The molecule has 0 aromatic heterocycles. The van der Waals surface area contributed by atoms with E-state index in [2.05, 4.69) is 6.92 Å². The van der Waals surface area contributed by atoms with Crippen molar-refractivity contribution in [2.45, 2.75) is 51.9 Å². The average molecular weight is 168 g/mol. The highest BCUT2D eigenvalue weighted by atomic mass is 16.1. The summed E-state index contributed by atoms with van der Waals surface area (Å²) >= 11 is 0. The number of hydrogen-bond donors (Lipinski definition) is 0. The maximum Gasteiger partial charge on any atom is 0.120 e.